The van der Waals surface area contributed by atoms with Crippen molar-refractivity contribution in [3.8, 4) is 11.4 Å². The molecule has 0 aromatic carbocycles. The highest BCUT2D eigenvalue weighted by molar-refractivity contribution is 5.55. The van der Waals surface area contributed by atoms with Gasteiger partial charge in [0.15, 0.2) is 0 Å². The van der Waals surface area contributed by atoms with Crippen LogP contribution in [-0.2, 0) is 7.05 Å². The van der Waals surface area contributed by atoms with Crippen molar-refractivity contribution >= 4 is 5.95 Å². The molecule has 0 aliphatic rings. The molecule has 0 saturated heterocycles. The first kappa shape index (κ1) is 9.57. The predicted octanol–water partition coefficient (Wildman–Crippen LogP) is 0.622. The van der Waals surface area contributed by atoms with E-state index in [9.17, 15) is 0 Å². The van der Waals surface area contributed by atoms with E-state index < -0.39 is 0 Å². The van der Waals surface area contributed by atoms with E-state index in [0.717, 1.165) is 17.1 Å². The van der Waals surface area contributed by atoms with Crippen molar-refractivity contribution in [2.45, 2.75) is 6.92 Å². The van der Waals surface area contributed by atoms with E-state index in [-0.39, 0.29) is 0 Å². The summed E-state index contributed by atoms with van der Waals surface area (Å²) in [6.07, 6.45) is 1.68. The van der Waals surface area contributed by atoms with Gasteiger partial charge in [-0.3, -0.25) is 0 Å². The third-order valence-corrected chi connectivity index (χ3v) is 2.05. The third-order valence-electron chi connectivity index (χ3n) is 2.05. The Morgan fingerprint density at radius 2 is 2.13 bits per heavy atom. The quantitative estimate of drug-likeness (QED) is 0.776. The molecule has 0 bridgehead atoms. The zero-order valence-electron chi connectivity index (χ0n) is 8.89. The summed E-state index contributed by atoms with van der Waals surface area (Å²) in [5.74, 6) is 0.603. The number of rotatable bonds is 2. The van der Waals surface area contributed by atoms with Gasteiger partial charge in [0, 0.05) is 19.8 Å². The highest BCUT2D eigenvalue weighted by Crippen LogP contribution is 2.16. The molecular weight excluding hydrogens is 192 g/mol. The third kappa shape index (κ3) is 1.78. The van der Waals surface area contributed by atoms with E-state index in [2.05, 4.69) is 25.6 Å². The number of aromatic nitrogens is 5. The number of nitrogens with zero attached hydrogens (tertiary/aromatic N) is 5. The maximum atomic E-state index is 4.33. The van der Waals surface area contributed by atoms with Crippen LogP contribution in [0.5, 0.6) is 0 Å². The van der Waals surface area contributed by atoms with Crippen LogP contribution in [0.15, 0.2) is 12.3 Å². The first-order valence-electron chi connectivity index (χ1n) is 4.59. The summed E-state index contributed by atoms with van der Waals surface area (Å²) in [5, 5.41) is 10.6. The van der Waals surface area contributed by atoms with Crippen LogP contribution in [0.25, 0.3) is 11.4 Å². The Morgan fingerprint density at radius 3 is 2.73 bits per heavy atom. The highest BCUT2D eigenvalue weighted by Gasteiger charge is 2.07. The van der Waals surface area contributed by atoms with E-state index >= 15 is 0 Å². The largest absolute Gasteiger partial charge is 0.357 e. The molecule has 0 atom stereocenters. The molecule has 2 aromatic rings. The van der Waals surface area contributed by atoms with Crippen molar-refractivity contribution in [1.29, 1.82) is 0 Å². The SMILES string of the molecule is CNc1nc(C)cc(-c2cnnn2C)n1. The van der Waals surface area contributed by atoms with E-state index in [1.54, 1.807) is 17.9 Å². The number of anilines is 1. The fourth-order valence-corrected chi connectivity index (χ4v) is 1.33. The summed E-state index contributed by atoms with van der Waals surface area (Å²) >= 11 is 0. The Hall–Kier alpha value is -1.98. The minimum absolute atomic E-state index is 0.603. The molecule has 0 unspecified atom stereocenters. The number of aryl methyl sites for hydroxylation is 2. The fourth-order valence-electron chi connectivity index (χ4n) is 1.33. The molecule has 0 aliphatic heterocycles. The van der Waals surface area contributed by atoms with Crippen molar-refractivity contribution < 1.29 is 0 Å². The molecular formula is C9H12N6. The molecule has 78 valence electrons. The predicted molar refractivity (Wildman–Crippen MR) is 56.3 cm³/mol. The highest BCUT2D eigenvalue weighted by atomic mass is 15.4. The molecule has 6 nitrogen and oxygen atoms in total. The van der Waals surface area contributed by atoms with Crippen LogP contribution in [0, 0.1) is 6.92 Å². The topological polar surface area (TPSA) is 68.5 Å². The fraction of sp³-hybridized carbons (Fsp3) is 0.333. The Bertz CT molecular complexity index is 475. The van der Waals surface area contributed by atoms with Gasteiger partial charge in [0.05, 0.1) is 11.9 Å². The van der Waals surface area contributed by atoms with Crippen molar-refractivity contribution in [2.24, 2.45) is 7.05 Å². The first-order chi connectivity index (χ1) is 7.20. The van der Waals surface area contributed by atoms with E-state index in [4.69, 9.17) is 0 Å². The molecule has 0 spiro atoms. The van der Waals surface area contributed by atoms with Gasteiger partial charge >= 0.3 is 0 Å². The Kier molecular flexibility index (Phi) is 2.32. The summed E-state index contributed by atoms with van der Waals surface area (Å²) in [7, 11) is 3.62. The minimum Gasteiger partial charge on any atom is -0.357 e. The molecule has 0 amide bonds. The molecule has 15 heavy (non-hydrogen) atoms. The number of hydrogen-bond acceptors (Lipinski definition) is 5. The lowest BCUT2D eigenvalue weighted by molar-refractivity contribution is 0.719. The standard InChI is InChI=1S/C9H12N6/c1-6-4-7(13-9(10-2)12-6)8-5-11-14-15(8)3/h4-5H,1-3H3,(H,10,12,13). The molecule has 6 heteroatoms. The summed E-state index contributed by atoms with van der Waals surface area (Å²) in [4.78, 5) is 8.55. The Morgan fingerprint density at radius 1 is 1.33 bits per heavy atom. The van der Waals surface area contributed by atoms with Gasteiger partial charge in [0.2, 0.25) is 5.95 Å². The summed E-state index contributed by atoms with van der Waals surface area (Å²) in [6, 6.07) is 1.90. The van der Waals surface area contributed by atoms with Gasteiger partial charge in [-0.05, 0) is 13.0 Å². The number of hydrogen-bond donors (Lipinski definition) is 1. The summed E-state index contributed by atoms with van der Waals surface area (Å²) in [6.45, 7) is 1.93. The van der Waals surface area contributed by atoms with Gasteiger partial charge in [0.1, 0.15) is 5.69 Å². The van der Waals surface area contributed by atoms with E-state index in [1.807, 2.05) is 20.0 Å². The maximum absolute atomic E-state index is 4.33. The lowest BCUT2D eigenvalue weighted by Gasteiger charge is -2.04. The zero-order valence-corrected chi connectivity index (χ0v) is 8.89. The summed E-state index contributed by atoms with van der Waals surface area (Å²) in [5.41, 5.74) is 2.60. The lowest BCUT2D eigenvalue weighted by atomic mass is 10.3. The molecule has 1 N–H and O–H groups in total. The van der Waals surface area contributed by atoms with Gasteiger partial charge in [-0.2, -0.15) is 0 Å². The van der Waals surface area contributed by atoms with Gasteiger partial charge < -0.3 is 5.32 Å². The second-order valence-electron chi connectivity index (χ2n) is 3.21. The van der Waals surface area contributed by atoms with Gasteiger partial charge in [0.25, 0.3) is 0 Å². The smallest absolute Gasteiger partial charge is 0.223 e. The normalized spacial score (nSPS) is 10.3. The van der Waals surface area contributed by atoms with Crippen LogP contribution in [0.4, 0.5) is 5.95 Å². The molecule has 2 aromatic heterocycles. The van der Waals surface area contributed by atoms with E-state index in [1.165, 1.54) is 0 Å². The van der Waals surface area contributed by atoms with Crippen molar-refractivity contribution in [1.82, 2.24) is 25.0 Å². The average Bonchev–Trinajstić information content (AvgIpc) is 2.63. The molecule has 0 fully saturated rings. The minimum atomic E-state index is 0.603. The molecule has 2 heterocycles. The van der Waals surface area contributed by atoms with E-state index in [0.29, 0.717) is 5.95 Å². The monoisotopic (exact) mass is 204 g/mol. The van der Waals surface area contributed by atoms with Crippen molar-refractivity contribution in [3.05, 3.63) is 18.0 Å². The summed E-state index contributed by atoms with van der Waals surface area (Å²) < 4.78 is 1.68. The second-order valence-corrected chi connectivity index (χ2v) is 3.21. The van der Waals surface area contributed by atoms with Gasteiger partial charge in [-0.1, -0.05) is 5.21 Å². The second kappa shape index (κ2) is 3.64. The van der Waals surface area contributed by atoms with Crippen LogP contribution in [-0.4, -0.2) is 32.0 Å². The van der Waals surface area contributed by atoms with Crippen molar-refractivity contribution in [3.63, 3.8) is 0 Å². The van der Waals surface area contributed by atoms with Crippen LogP contribution >= 0.6 is 0 Å². The molecule has 2 rings (SSSR count). The average molecular weight is 204 g/mol. The number of nitrogens with one attached hydrogen (secondary N) is 1. The zero-order chi connectivity index (χ0) is 10.8. The van der Waals surface area contributed by atoms with Crippen LogP contribution in [0.2, 0.25) is 0 Å². The van der Waals surface area contributed by atoms with Crippen LogP contribution in [0.1, 0.15) is 5.69 Å². The molecule has 0 radical (unpaired) electrons. The first-order valence-corrected chi connectivity index (χ1v) is 4.59. The Labute approximate surface area is 87.4 Å². The molecule has 0 aliphatic carbocycles. The van der Waals surface area contributed by atoms with Gasteiger partial charge in [-0.25, -0.2) is 14.6 Å². The van der Waals surface area contributed by atoms with Crippen LogP contribution in [0.3, 0.4) is 0 Å². The maximum Gasteiger partial charge on any atom is 0.223 e. The lowest BCUT2D eigenvalue weighted by Crippen LogP contribution is -2.01. The van der Waals surface area contributed by atoms with Crippen molar-refractivity contribution in [2.75, 3.05) is 12.4 Å². The Balaban J connectivity index is 2.53. The van der Waals surface area contributed by atoms with Gasteiger partial charge in [-0.15, -0.1) is 5.10 Å². The molecule has 0 saturated carbocycles. The van der Waals surface area contributed by atoms with Crippen LogP contribution < -0.4 is 5.32 Å².